The van der Waals surface area contributed by atoms with Crippen LogP contribution in [0.25, 0.3) is 11.1 Å². The molecule has 1 atom stereocenters. The molecule has 3 aromatic rings. The van der Waals surface area contributed by atoms with E-state index in [1.807, 2.05) is 63.5 Å². The summed E-state index contributed by atoms with van der Waals surface area (Å²) in [5, 5.41) is 11.4. The first-order chi connectivity index (χ1) is 11.0. The summed E-state index contributed by atoms with van der Waals surface area (Å²) in [4.78, 5) is 12.4. The Morgan fingerprint density at radius 1 is 1.22 bits per heavy atom. The maximum Gasteiger partial charge on any atom is 0.250 e. The summed E-state index contributed by atoms with van der Waals surface area (Å²) in [6.45, 7) is 3.75. The number of anilines is 1. The lowest BCUT2D eigenvalue weighted by atomic mass is 10.1. The number of aromatic nitrogens is 4. The number of carbonyl (C=O) groups excluding carboxylic acids is 1. The summed E-state index contributed by atoms with van der Waals surface area (Å²) in [5.74, 6) is 0.406. The Bertz CT molecular complexity index is 799. The van der Waals surface area contributed by atoms with Crippen molar-refractivity contribution in [2.45, 2.75) is 19.9 Å². The van der Waals surface area contributed by atoms with Gasteiger partial charge in [-0.2, -0.15) is 10.2 Å². The number of carbonyl (C=O) groups is 1. The largest absolute Gasteiger partial charge is 0.307 e. The normalized spacial score (nSPS) is 12.1. The first-order valence-corrected chi connectivity index (χ1v) is 7.45. The van der Waals surface area contributed by atoms with Crippen molar-refractivity contribution in [1.82, 2.24) is 19.6 Å². The Morgan fingerprint density at radius 2 is 1.96 bits per heavy atom. The van der Waals surface area contributed by atoms with Crippen molar-refractivity contribution in [1.29, 1.82) is 0 Å². The van der Waals surface area contributed by atoms with E-state index in [1.54, 1.807) is 15.6 Å². The molecular formula is C17H19N5O. The second-order valence-electron chi connectivity index (χ2n) is 5.53. The quantitative estimate of drug-likeness (QED) is 0.806. The number of aryl methyl sites for hydroxylation is 2. The summed E-state index contributed by atoms with van der Waals surface area (Å²) in [5.41, 5.74) is 3.05. The zero-order chi connectivity index (χ0) is 16.4. The van der Waals surface area contributed by atoms with E-state index in [9.17, 15) is 4.79 Å². The fourth-order valence-corrected chi connectivity index (χ4v) is 2.30. The van der Waals surface area contributed by atoms with Gasteiger partial charge in [0, 0.05) is 30.6 Å². The number of amides is 1. The molecule has 1 amide bonds. The van der Waals surface area contributed by atoms with Gasteiger partial charge in [-0.3, -0.25) is 14.2 Å². The van der Waals surface area contributed by atoms with Gasteiger partial charge < -0.3 is 5.32 Å². The summed E-state index contributed by atoms with van der Waals surface area (Å²) >= 11 is 0. The highest BCUT2D eigenvalue weighted by atomic mass is 16.2. The molecule has 3 rings (SSSR count). The average molecular weight is 309 g/mol. The highest BCUT2D eigenvalue weighted by Gasteiger charge is 2.17. The van der Waals surface area contributed by atoms with Crippen molar-refractivity contribution in [3.63, 3.8) is 0 Å². The molecule has 0 saturated heterocycles. The predicted molar refractivity (Wildman–Crippen MR) is 88.9 cm³/mol. The van der Waals surface area contributed by atoms with Gasteiger partial charge in [-0.05, 0) is 19.4 Å². The van der Waals surface area contributed by atoms with Crippen LogP contribution in [-0.2, 0) is 11.8 Å². The van der Waals surface area contributed by atoms with Crippen LogP contribution < -0.4 is 5.32 Å². The maximum absolute atomic E-state index is 12.4. The van der Waals surface area contributed by atoms with Crippen molar-refractivity contribution in [3.8, 4) is 11.1 Å². The summed E-state index contributed by atoms with van der Waals surface area (Å²) in [7, 11) is 1.84. The van der Waals surface area contributed by atoms with Gasteiger partial charge in [0.1, 0.15) is 6.04 Å². The molecule has 0 aliphatic carbocycles. The Labute approximate surface area is 134 Å². The minimum atomic E-state index is -0.422. The predicted octanol–water partition coefficient (Wildman–Crippen LogP) is 2.79. The van der Waals surface area contributed by atoms with Crippen LogP contribution in [0, 0.1) is 6.92 Å². The van der Waals surface area contributed by atoms with Gasteiger partial charge in [0.2, 0.25) is 5.91 Å². The minimum Gasteiger partial charge on any atom is -0.307 e. The monoisotopic (exact) mass is 309 g/mol. The Balaban J connectivity index is 1.74. The molecule has 6 heteroatoms. The minimum absolute atomic E-state index is 0.147. The molecule has 0 saturated carbocycles. The lowest BCUT2D eigenvalue weighted by molar-refractivity contribution is -0.119. The fourth-order valence-electron chi connectivity index (χ4n) is 2.30. The van der Waals surface area contributed by atoms with Gasteiger partial charge in [-0.25, -0.2) is 0 Å². The van der Waals surface area contributed by atoms with E-state index in [0.29, 0.717) is 5.82 Å². The molecule has 1 N–H and O–H groups in total. The van der Waals surface area contributed by atoms with E-state index < -0.39 is 6.04 Å². The van der Waals surface area contributed by atoms with Gasteiger partial charge in [-0.15, -0.1) is 0 Å². The maximum atomic E-state index is 12.4. The molecule has 0 aliphatic rings. The molecule has 0 unspecified atom stereocenters. The van der Waals surface area contributed by atoms with Crippen LogP contribution in [0.5, 0.6) is 0 Å². The molecule has 0 bridgehead atoms. The van der Waals surface area contributed by atoms with Crippen LogP contribution in [0.3, 0.4) is 0 Å². The molecule has 1 aromatic carbocycles. The molecule has 0 spiro atoms. The van der Waals surface area contributed by atoms with Gasteiger partial charge in [0.05, 0.1) is 6.20 Å². The Hall–Kier alpha value is -2.89. The van der Waals surface area contributed by atoms with E-state index in [0.717, 1.165) is 16.8 Å². The summed E-state index contributed by atoms with van der Waals surface area (Å²) in [6.07, 6.45) is 3.65. The SMILES string of the molecule is Cc1cc(NC(=O)[C@H](C)n2cc(-c3ccccc3)cn2)nn1C. The van der Waals surface area contributed by atoms with E-state index in [-0.39, 0.29) is 5.91 Å². The number of rotatable bonds is 4. The first-order valence-electron chi connectivity index (χ1n) is 7.45. The number of hydrogen-bond acceptors (Lipinski definition) is 3. The van der Waals surface area contributed by atoms with Crippen LogP contribution in [0.1, 0.15) is 18.7 Å². The second kappa shape index (κ2) is 6.08. The van der Waals surface area contributed by atoms with E-state index in [1.165, 1.54) is 0 Å². The third kappa shape index (κ3) is 3.15. The second-order valence-corrected chi connectivity index (χ2v) is 5.53. The molecule has 6 nitrogen and oxygen atoms in total. The molecule has 2 aromatic heterocycles. The highest BCUT2D eigenvalue weighted by Crippen LogP contribution is 2.20. The fraction of sp³-hybridized carbons (Fsp3) is 0.235. The van der Waals surface area contributed by atoms with Crippen LogP contribution in [0.4, 0.5) is 5.82 Å². The molecule has 2 heterocycles. The third-order valence-electron chi connectivity index (χ3n) is 3.85. The molecule has 0 radical (unpaired) electrons. The zero-order valence-corrected chi connectivity index (χ0v) is 13.4. The molecule has 0 aliphatic heterocycles. The standard InChI is InChI=1S/C17H19N5O/c1-12-9-16(20-21(12)3)19-17(23)13(2)22-11-15(10-18-22)14-7-5-4-6-8-14/h4-11,13H,1-3H3,(H,19,20,23)/t13-/m0/s1. The van der Waals surface area contributed by atoms with Crippen LogP contribution in [0.2, 0.25) is 0 Å². The van der Waals surface area contributed by atoms with Crippen molar-refractivity contribution in [2.75, 3.05) is 5.32 Å². The van der Waals surface area contributed by atoms with Gasteiger partial charge in [0.15, 0.2) is 5.82 Å². The van der Waals surface area contributed by atoms with Crippen LogP contribution in [0.15, 0.2) is 48.8 Å². The van der Waals surface area contributed by atoms with E-state index in [4.69, 9.17) is 0 Å². The molecule has 23 heavy (non-hydrogen) atoms. The zero-order valence-electron chi connectivity index (χ0n) is 13.4. The summed E-state index contributed by atoms with van der Waals surface area (Å²) < 4.78 is 3.38. The van der Waals surface area contributed by atoms with E-state index >= 15 is 0 Å². The average Bonchev–Trinajstić information content (AvgIpc) is 3.15. The third-order valence-corrected chi connectivity index (χ3v) is 3.85. The molecular weight excluding hydrogens is 290 g/mol. The van der Waals surface area contributed by atoms with Crippen molar-refractivity contribution < 1.29 is 4.79 Å². The van der Waals surface area contributed by atoms with Gasteiger partial charge in [-0.1, -0.05) is 30.3 Å². The van der Waals surface area contributed by atoms with Crippen LogP contribution in [-0.4, -0.2) is 25.5 Å². The number of hydrogen-bond donors (Lipinski definition) is 1. The smallest absolute Gasteiger partial charge is 0.250 e. The number of nitrogens with one attached hydrogen (secondary N) is 1. The summed E-state index contributed by atoms with van der Waals surface area (Å²) in [6, 6.07) is 11.4. The topological polar surface area (TPSA) is 64.7 Å². The van der Waals surface area contributed by atoms with Gasteiger partial charge >= 0.3 is 0 Å². The Morgan fingerprint density at radius 3 is 2.61 bits per heavy atom. The lowest BCUT2D eigenvalue weighted by Gasteiger charge is -2.11. The van der Waals surface area contributed by atoms with Crippen molar-refractivity contribution in [2.24, 2.45) is 7.05 Å². The van der Waals surface area contributed by atoms with Crippen LogP contribution >= 0.6 is 0 Å². The first kappa shape index (κ1) is 15.0. The number of nitrogens with zero attached hydrogens (tertiary/aromatic N) is 4. The van der Waals surface area contributed by atoms with E-state index in [2.05, 4.69) is 15.5 Å². The Kier molecular flexibility index (Phi) is 3.97. The number of benzene rings is 1. The van der Waals surface area contributed by atoms with Gasteiger partial charge in [0.25, 0.3) is 0 Å². The van der Waals surface area contributed by atoms with Crippen molar-refractivity contribution in [3.05, 3.63) is 54.5 Å². The lowest BCUT2D eigenvalue weighted by Crippen LogP contribution is -2.24. The highest BCUT2D eigenvalue weighted by molar-refractivity contribution is 5.92. The van der Waals surface area contributed by atoms with Crippen molar-refractivity contribution >= 4 is 11.7 Å². The molecule has 0 fully saturated rings. The molecule has 118 valence electrons.